The van der Waals surface area contributed by atoms with Crippen molar-refractivity contribution in [1.29, 1.82) is 0 Å². The minimum Gasteiger partial charge on any atom is -0.497 e. The molecule has 0 aliphatic heterocycles. The van der Waals surface area contributed by atoms with Crippen LogP contribution in [0.3, 0.4) is 0 Å². The molecule has 1 atom stereocenters. The molecule has 1 heterocycles. The van der Waals surface area contributed by atoms with Crippen LogP contribution in [0.2, 0.25) is 0 Å². The average molecular weight is 322 g/mol. The number of rotatable bonds is 5. The Morgan fingerprint density at radius 1 is 1.26 bits per heavy atom. The molecule has 100 valence electrons. The first-order valence-corrected chi connectivity index (χ1v) is 6.90. The van der Waals surface area contributed by atoms with E-state index in [1.54, 1.807) is 19.5 Å². The van der Waals surface area contributed by atoms with Crippen molar-refractivity contribution in [3.8, 4) is 5.75 Å². The Kier molecular flexibility index (Phi) is 4.93. The third kappa shape index (κ3) is 4.04. The molecular formula is C15H16BrNO2. The van der Waals surface area contributed by atoms with Gasteiger partial charge in [-0.1, -0.05) is 12.1 Å². The molecular weight excluding hydrogens is 306 g/mol. The summed E-state index contributed by atoms with van der Waals surface area (Å²) in [4.78, 5) is 4.06. The first-order chi connectivity index (χ1) is 9.19. The Morgan fingerprint density at radius 2 is 2.00 bits per heavy atom. The van der Waals surface area contributed by atoms with Gasteiger partial charge >= 0.3 is 0 Å². The number of hydrogen-bond acceptors (Lipinski definition) is 3. The van der Waals surface area contributed by atoms with Crippen molar-refractivity contribution in [1.82, 2.24) is 4.98 Å². The molecule has 0 saturated heterocycles. The Hall–Kier alpha value is -1.39. The number of nitrogens with zero attached hydrogens (tertiary/aromatic N) is 1. The van der Waals surface area contributed by atoms with Crippen molar-refractivity contribution in [2.75, 3.05) is 7.11 Å². The summed E-state index contributed by atoms with van der Waals surface area (Å²) in [6.07, 6.45) is 4.40. The summed E-state index contributed by atoms with van der Waals surface area (Å²) in [5.74, 6) is 0.848. The van der Waals surface area contributed by atoms with E-state index in [4.69, 9.17) is 4.74 Å². The van der Waals surface area contributed by atoms with Crippen molar-refractivity contribution in [3.05, 3.63) is 58.3 Å². The lowest BCUT2D eigenvalue weighted by atomic mass is 10.0. The molecule has 0 spiro atoms. The van der Waals surface area contributed by atoms with Crippen LogP contribution in [0.15, 0.2) is 47.2 Å². The summed E-state index contributed by atoms with van der Waals surface area (Å²) in [7, 11) is 1.65. The SMILES string of the molecule is COc1ccc(CCC(O)c2cncc(Br)c2)cc1. The van der Waals surface area contributed by atoms with E-state index in [0.717, 1.165) is 22.2 Å². The molecule has 1 N–H and O–H groups in total. The zero-order valence-electron chi connectivity index (χ0n) is 10.7. The molecule has 2 aromatic rings. The smallest absolute Gasteiger partial charge is 0.118 e. The highest BCUT2D eigenvalue weighted by atomic mass is 79.9. The molecule has 3 nitrogen and oxygen atoms in total. The lowest BCUT2D eigenvalue weighted by molar-refractivity contribution is 0.167. The van der Waals surface area contributed by atoms with Crippen molar-refractivity contribution in [3.63, 3.8) is 0 Å². The zero-order valence-corrected chi connectivity index (χ0v) is 12.3. The second-order valence-electron chi connectivity index (χ2n) is 4.34. The van der Waals surface area contributed by atoms with Gasteiger partial charge in [0.25, 0.3) is 0 Å². The van der Waals surface area contributed by atoms with E-state index in [-0.39, 0.29) is 0 Å². The van der Waals surface area contributed by atoms with Crippen LogP contribution in [0.4, 0.5) is 0 Å². The maximum atomic E-state index is 10.1. The molecule has 1 aromatic carbocycles. The molecule has 0 aliphatic rings. The quantitative estimate of drug-likeness (QED) is 0.916. The summed E-state index contributed by atoms with van der Waals surface area (Å²) in [5, 5.41) is 10.1. The highest BCUT2D eigenvalue weighted by Crippen LogP contribution is 2.21. The predicted molar refractivity (Wildman–Crippen MR) is 78.2 cm³/mol. The number of pyridine rings is 1. The van der Waals surface area contributed by atoms with Gasteiger partial charge in [0.2, 0.25) is 0 Å². The Morgan fingerprint density at radius 3 is 2.63 bits per heavy atom. The van der Waals surface area contributed by atoms with Crippen LogP contribution in [-0.4, -0.2) is 17.2 Å². The number of benzene rings is 1. The number of ether oxygens (including phenoxy) is 1. The molecule has 0 aliphatic carbocycles. The van der Waals surface area contributed by atoms with E-state index in [1.165, 1.54) is 5.56 Å². The molecule has 1 aromatic heterocycles. The third-order valence-corrected chi connectivity index (χ3v) is 3.41. The largest absolute Gasteiger partial charge is 0.497 e. The van der Waals surface area contributed by atoms with E-state index in [9.17, 15) is 5.11 Å². The standard InChI is InChI=1S/C15H16BrNO2/c1-19-14-5-2-11(3-6-14)4-7-15(18)12-8-13(16)10-17-9-12/h2-3,5-6,8-10,15,18H,4,7H2,1H3. The van der Waals surface area contributed by atoms with Crippen LogP contribution < -0.4 is 4.74 Å². The monoisotopic (exact) mass is 321 g/mol. The van der Waals surface area contributed by atoms with E-state index >= 15 is 0 Å². The number of aryl methyl sites for hydroxylation is 1. The fraction of sp³-hybridized carbons (Fsp3) is 0.267. The summed E-state index contributed by atoms with van der Waals surface area (Å²) >= 11 is 3.35. The first kappa shape index (κ1) is 14.0. The minimum absolute atomic E-state index is 0.493. The fourth-order valence-corrected chi connectivity index (χ4v) is 2.26. The predicted octanol–water partition coefficient (Wildman–Crippen LogP) is 3.52. The maximum Gasteiger partial charge on any atom is 0.118 e. The van der Waals surface area contributed by atoms with Gasteiger partial charge in [0.05, 0.1) is 13.2 Å². The molecule has 19 heavy (non-hydrogen) atoms. The van der Waals surface area contributed by atoms with E-state index < -0.39 is 6.10 Å². The van der Waals surface area contributed by atoms with Crippen LogP contribution in [0.1, 0.15) is 23.7 Å². The van der Waals surface area contributed by atoms with E-state index in [2.05, 4.69) is 20.9 Å². The number of aromatic nitrogens is 1. The summed E-state index contributed by atoms with van der Waals surface area (Å²) in [5.41, 5.74) is 2.02. The highest BCUT2D eigenvalue weighted by Gasteiger charge is 2.08. The van der Waals surface area contributed by atoms with E-state index in [1.807, 2.05) is 30.3 Å². The maximum absolute atomic E-state index is 10.1. The van der Waals surface area contributed by atoms with Crippen molar-refractivity contribution in [2.45, 2.75) is 18.9 Å². The highest BCUT2D eigenvalue weighted by molar-refractivity contribution is 9.10. The van der Waals surface area contributed by atoms with Gasteiger partial charge in [-0.25, -0.2) is 0 Å². The lowest BCUT2D eigenvalue weighted by Gasteiger charge is -2.11. The topological polar surface area (TPSA) is 42.4 Å². The number of methoxy groups -OCH3 is 1. The number of hydrogen-bond donors (Lipinski definition) is 1. The van der Waals surface area contributed by atoms with Crippen LogP contribution in [0, 0.1) is 0 Å². The van der Waals surface area contributed by atoms with Gasteiger partial charge in [-0.3, -0.25) is 4.98 Å². The van der Waals surface area contributed by atoms with Crippen LogP contribution in [0.5, 0.6) is 5.75 Å². The Labute approximate surface area is 121 Å². The van der Waals surface area contributed by atoms with Gasteiger partial charge in [0.15, 0.2) is 0 Å². The fourth-order valence-electron chi connectivity index (χ4n) is 1.87. The van der Waals surface area contributed by atoms with Crippen LogP contribution >= 0.6 is 15.9 Å². The molecule has 0 bridgehead atoms. The summed E-state index contributed by atoms with van der Waals surface area (Å²) in [6.45, 7) is 0. The molecule has 1 unspecified atom stereocenters. The van der Waals surface area contributed by atoms with Gasteiger partial charge in [-0.05, 0) is 58.1 Å². The van der Waals surface area contributed by atoms with Crippen molar-refractivity contribution in [2.24, 2.45) is 0 Å². The van der Waals surface area contributed by atoms with E-state index in [0.29, 0.717) is 6.42 Å². The van der Waals surface area contributed by atoms with Crippen LogP contribution in [-0.2, 0) is 6.42 Å². The molecule has 0 radical (unpaired) electrons. The van der Waals surface area contributed by atoms with Crippen molar-refractivity contribution < 1.29 is 9.84 Å². The number of aliphatic hydroxyl groups excluding tert-OH is 1. The normalized spacial score (nSPS) is 12.2. The molecule has 0 fully saturated rings. The third-order valence-electron chi connectivity index (χ3n) is 2.98. The number of aliphatic hydroxyl groups is 1. The molecule has 0 amide bonds. The summed E-state index contributed by atoms with van der Waals surface area (Å²) in [6, 6.07) is 9.80. The summed E-state index contributed by atoms with van der Waals surface area (Å²) < 4.78 is 6.00. The Balaban J connectivity index is 1.94. The van der Waals surface area contributed by atoms with Gasteiger partial charge < -0.3 is 9.84 Å². The van der Waals surface area contributed by atoms with Crippen LogP contribution in [0.25, 0.3) is 0 Å². The van der Waals surface area contributed by atoms with Gasteiger partial charge in [0.1, 0.15) is 5.75 Å². The van der Waals surface area contributed by atoms with Gasteiger partial charge in [-0.15, -0.1) is 0 Å². The second kappa shape index (κ2) is 6.68. The average Bonchev–Trinajstić information content (AvgIpc) is 2.45. The Bertz CT molecular complexity index is 528. The number of halogens is 1. The van der Waals surface area contributed by atoms with Crippen molar-refractivity contribution >= 4 is 15.9 Å². The molecule has 0 saturated carbocycles. The minimum atomic E-state index is -0.493. The molecule has 4 heteroatoms. The first-order valence-electron chi connectivity index (χ1n) is 6.10. The zero-order chi connectivity index (χ0) is 13.7. The van der Waals surface area contributed by atoms with Gasteiger partial charge in [0, 0.05) is 16.9 Å². The molecule has 2 rings (SSSR count). The lowest BCUT2D eigenvalue weighted by Crippen LogP contribution is -2.00. The van der Waals surface area contributed by atoms with Gasteiger partial charge in [-0.2, -0.15) is 0 Å². The second-order valence-corrected chi connectivity index (χ2v) is 5.25.